The largest absolute Gasteiger partial charge is 1.00 e. The van der Waals surface area contributed by atoms with Gasteiger partial charge in [0.15, 0.2) is 0 Å². The molecule has 0 aliphatic carbocycles. The summed E-state index contributed by atoms with van der Waals surface area (Å²) in [5, 5.41) is 10.5. The van der Waals surface area contributed by atoms with E-state index in [-0.39, 0.29) is 24.1 Å². The molecule has 0 bridgehead atoms. The lowest BCUT2D eigenvalue weighted by Crippen LogP contribution is -3.13. The van der Waals surface area contributed by atoms with E-state index in [0.717, 1.165) is 44.5 Å². The van der Waals surface area contributed by atoms with Crippen molar-refractivity contribution in [2.24, 2.45) is 5.92 Å². The maximum absolute atomic E-state index is 13.0. The summed E-state index contributed by atoms with van der Waals surface area (Å²) in [4.78, 5) is 1.62. The van der Waals surface area contributed by atoms with Crippen LogP contribution in [0.15, 0.2) is 48.5 Å². The van der Waals surface area contributed by atoms with Gasteiger partial charge in [-0.15, -0.1) is 0 Å². The zero-order chi connectivity index (χ0) is 16.9. The van der Waals surface area contributed by atoms with Gasteiger partial charge >= 0.3 is 0 Å². The van der Waals surface area contributed by atoms with Crippen molar-refractivity contribution in [3.8, 4) is 0 Å². The van der Waals surface area contributed by atoms with Crippen molar-refractivity contribution in [3.05, 3.63) is 69.0 Å². The summed E-state index contributed by atoms with van der Waals surface area (Å²) in [5.74, 6) is 0.0395. The second-order valence-corrected chi connectivity index (χ2v) is 7.96. The van der Waals surface area contributed by atoms with Crippen LogP contribution in [0.25, 0.3) is 0 Å². The van der Waals surface area contributed by atoms with Crippen LogP contribution < -0.4 is 17.3 Å². The minimum atomic E-state index is -0.470. The van der Waals surface area contributed by atoms with Crippen LogP contribution in [-0.4, -0.2) is 24.7 Å². The smallest absolute Gasteiger partial charge is 0.123 e. The number of halogens is 3. The van der Waals surface area contributed by atoms with Crippen molar-refractivity contribution in [2.75, 3.05) is 19.6 Å². The molecule has 3 rings (SSSR count). The van der Waals surface area contributed by atoms with E-state index in [4.69, 9.17) is 0 Å². The van der Waals surface area contributed by atoms with E-state index in [9.17, 15) is 9.50 Å². The van der Waals surface area contributed by atoms with E-state index < -0.39 is 6.10 Å². The first kappa shape index (κ1) is 20.6. The summed E-state index contributed by atoms with van der Waals surface area (Å²) >= 11 is 2.36. The molecule has 1 atom stereocenters. The number of rotatable bonds is 5. The van der Waals surface area contributed by atoms with Crippen molar-refractivity contribution < 1.29 is 26.8 Å². The summed E-state index contributed by atoms with van der Waals surface area (Å²) in [6.45, 7) is 3.36. The van der Waals surface area contributed by atoms with E-state index in [2.05, 4.69) is 46.9 Å². The van der Waals surface area contributed by atoms with Gasteiger partial charge in [0.1, 0.15) is 5.82 Å². The van der Waals surface area contributed by atoms with Crippen LogP contribution >= 0.6 is 22.6 Å². The number of piperidine rings is 1. The molecular weight excluding hydrogens is 452 g/mol. The van der Waals surface area contributed by atoms with Crippen molar-refractivity contribution in [1.82, 2.24) is 0 Å². The van der Waals surface area contributed by atoms with Crippen molar-refractivity contribution >= 4 is 22.6 Å². The monoisotopic (exact) mass is 475 g/mol. The summed E-state index contributed by atoms with van der Waals surface area (Å²) in [5.41, 5.74) is 2.24. The molecule has 0 spiro atoms. The van der Waals surface area contributed by atoms with Crippen LogP contribution in [-0.2, 0) is 6.42 Å². The Bertz CT molecular complexity index is 659. The normalized spacial score (nSPS) is 21.4. The number of aliphatic hydroxyl groups is 1. The van der Waals surface area contributed by atoms with Gasteiger partial charge in [0.05, 0.1) is 25.7 Å². The van der Waals surface area contributed by atoms with E-state index in [1.165, 1.54) is 21.3 Å². The Labute approximate surface area is 169 Å². The van der Waals surface area contributed by atoms with E-state index in [1.54, 1.807) is 17.0 Å². The molecule has 0 radical (unpaired) electrons. The van der Waals surface area contributed by atoms with Gasteiger partial charge in [-0.2, -0.15) is 0 Å². The minimum absolute atomic E-state index is 0. The number of hydrogen-bond donors (Lipinski definition) is 2. The van der Waals surface area contributed by atoms with Crippen LogP contribution in [0.3, 0.4) is 0 Å². The summed E-state index contributed by atoms with van der Waals surface area (Å²) in [6.07, 6.45) is 2.69. The molecule has 25 heavy (non-hydrogen) atoms. The molecule has 1 heterocycles. The molecule has 0 aromatic heterocycles. The number of likely N-dealkylation sites (tertiary alicyclic amines) is 1. The van der Waals surface area contributed by atoms with Crippen molar-refractivity contribution in [3.63, 3.8) is 0 Å². The van der Waals surface area contributed by atoms with E-state index in [1.807, 2.05) is 0 Å². The van der Waals surface area contributed by atoms with Gasteiger partial charge in [0.2, 0.25) is 0 Å². The first-order valence-corrected chi connectivity index (χ1v) is 9.71. The Hall–Kier alpha value is -0.690. The molecule has 1 aliphatic heterocycles. The first-order chi connectivity index (χ1) is 11.6. The van der Waals surface area contributed by atoms with Gasteiger partial charge in [-0.3, -0.25) is 0 Å². The number of nitrogens with one attached hydrogen (secondary N) is 1. The van der Waals surface area contributed by atoms with Gasteiger partial charge in [-0.1, -0.05) is 24.3 Å². The molecule has 0 amide bonds. The number of quaternary nitrogens is 1. The zero-order valence-corrected chi connectivity index (χ0v) is 17.0. The Balaban J connectivity index is 0.00000225. The molecule has 5 heteroatoms. The molecule has 2 nitrogen and oxygen atoms in total. The van der Waals surface area contributed by atoms with Crippen LogP contribution in [0, 0.1) is 15.3 Å². The van der Waals surface area contributed by atoms with Gasteiger partial charge in [-0.05, 0) is 63.9 Å². The maximum atomic E-state index is 13.0. The fourth-order valence-electron chi connectivity index (χ4n) is 3.56. The van der Waals surface area contributed by atoms with E-state index >= 15 is 0 Å². The first-order valence-electron chi connectivity index (χ1n) is 8.63. The average Bonchev–Trinajstić information content (AvgIpc) is 2.61. The van der Waals surface area contributed by atoms with Crippen molar-refractivity contribution in [1.29, 1.82) is 0 Å². The fraction of sp³-hybridized carbons (Fsp3) is 0.400. The molecule has 136 valence electrons. The lowest BCUT2D eigenvalue weighted by Gasteiger charge is -2.32. The predicted molar refractivity (Wildman–Crippen MR) is 103 cm³/mol. The lowest BCUT2D eigenvalue weighted by molar-refractivity contribution is -0.906. The standard InChI is InChI=1S/C20H23FINO.ClH/c21-18-6-4-16(5-7-18)20(24)17-9-12-23(13-10-17)11-8-15-2-1-3-19(22)14-15;/h1-7,14,17,20,24H,8-13H2;1H. The molecule has 2 N–H and O–H groups in total. The summed E-state index contributed by atoms with van der Waals surface area (Å²) in [6, 6.07) is 15.0. The Morgan fingerprint density at radius 3 is 2.44 bits per heavy atom. The highest BCUT2D eigenvalue weighted by Gasteiger charge is 2.28. The van der Waals surface area contributed by atoms with Crippen molar-refractivity contribution in [2.45, 2.75) is 25.4 Å². The topological polar surface area (TPSA) is 24.7 Å². The van der Waals surface area contributed by atoms with Crippen LogP contribution in [0.1, 0.15) is 30.1 Å². The second kappa shape index (κ2) is 9.86. The fourth-order valence-corrected chi connectivity index (χ4v) is 4.17. The number of aliphatic hydroxyl groups excluding tert-OH is 1. The zero-order valence-electron chi connectivity index (χ0n) is 14.1. The van der Waals surface area contributed by atoms with Gasteiger partial charge in [0.25, 0.3) is 0 Å². The highest BCUT2D eigenvalue weighted by molar-refractivity contribution is 14.1. The Morgan fingerprint density at radius 1 is 1.12 bits per heavy atom. The Kier molecular flexibility index (Phi) is 8.13. The third-order valence-corrected chi connectivity index (χ3v) is 5.72. The van der Waals surface area contributed by atoms with Crippen LogP contribution in [0.2, 0.25) is 0 Å². The molecule has 1 fully saturated rings. The Morgan fingerprint density at radius 2 is 1.80 bits per heavy atom. The highest BCUT2D eigenvalue weighted by atomic mass is 127. The summed E-state index contributed by atoms with van der Waals surface area (Å²) < 4.78 is 14.3. The maximum Gasteiger partial charge on any atom is 0.123 e. The van der Waals surface area contributed by atoms with Crippen LogP contribution in [0.5, 0.6) is 0 Å². The predicted octanol–water partition coefficient (Wildman–Crippen LogP) is 0.00530. The third-order valence-electron chi connectivity index (χ3n) is 5.05. The summed E-state index contributed by atoms with van der Waals surface area (Å²) in [7, 11) is 0. The quantitative estimate of drug-likeness (QED) is 0.585. The number of benzene rings is 2. The molecule has 1 aliphatic rings. The molecule has 0 saturated carbocycles. The molecule has 1 unspecified atom stereocenters. The second-order valence-electron chi connectivity index (χ2n) is 6.71. The minimum Gasteiger partial charge on any atom is -1.00 e. The van der Waals surface area contributed by atoms with Crippen LogP contribution in [0.4, 0.5) is 4.39 Å². The molecule has 2 aromatic rings. The van der Waals surface area contributed by atoms with E-state index in [0.29, 0.717) is 0 Å². The van der Waals surface area contributed by atoms with Gasteiger partial charge < -0.3 is 22.4 Å². The molecule has 1 saturated heterocycles. The number of hydrogen-bond acceptors (Lipinski definition) is 1. The average molecular weight is 476 g/mol. The van der Waals surface area contributed by atoms with Gasteiger partial charge in [-0.25, -0.2) is 4.39 Å². The van der Waals surface area contributed by atoms with Gasteiger partial charge in [0, 0.05) is 22.8 Å². The SMILES string of the molecule is OC(c1ccc(F)cc1)C1CC[NH+](CCc2cccc(I)c2)CC1.[Cl-]. The highest BCUT2D eigenvalue weighted by Crippen LogP contribution is 2.27. The lowest BCUT2D eigenvalue weighted by atomic mass is 9.87. The third kappa shape index (κ3) is 5.91. The molecule has 2 aromatic carbocycles. The molecular formula is C20H24ClFINO.